The molecule has 1 radical (unpaired) electrons. The molecular formula is C15H14O2P. The molecule has 0 bridgehead atoms. The van der Waals surface area contributed by atoms with Crippen LogP contribution in [0.4, 0.5) is 0 Å². The molecule has 0 N–H and O–H groups in total. The maximum absolute atomic E-state index is 12.3. The van der Waals surface area contributed by atoms with Crippen LogP contribution in [-0.2, 0) is 4.57 Å². The molecular weight excluding hydrogens is 243 g/mol. The summed E-state index contributed by atoms with van der Waals surface area (Å²) in [4.78, 5) is 12.3. The molecule has 0 spiro atoms. The first-order valence-corrected chi connectivity index (χ1v) is 7.00. The third kappa shape index (κ3) is 2.39. The number of aryl methyl sites for hydroxylation is 2. The van der Waals surface area contributed by atoms with Crippen LogP contribution in [0.2, 0.25) is 0 Å². The maximum atomic E-state index is 12.3. The van der Waals surface area contributed by atoms with E-state index >= 15 is 0 Å². The number of carbonyl (C=O) groups excluding carboxylic acids is 1. The van der Waals surface area contributed by atoms with Crippen molar-refractivity contribution in [1.82, 2.24) is 0 Å². The van der Waals surface area contributed by atoms with Gasteiger partial charge < -0.3 is 0 Å². The first-order valence-electron chi connectivity index (χ1n) is 5.74. The van der Waals surface area contributed by atoms with Crippen LogP contribution in [0.15, 0.2) is 48.5 Å². The van der Waals surface area contributed by atoms with Gasteiger partial charge in [0.1, 0.15) is 0 Å². The summed E-state index contributed by atoms with van der Waals surface area (Å²) in [5.74, 6) is 0. The van der Waals surface area contributed by atoms with Gasteiger partial charge in [0, 0.05) is 10.9 Å². The zero-order valence-electron chi connectivity index (χ0n) is 10.4. The van der Waals surface area contributed by atoms with Gasteiger partial charge in [-0.15, -0.1) is 0 Å². The van der Waals surface area contributed by atoms with Gasteiger partial charge in [0.05, 0.1) is 0 Å². The molecule has 3 heteroatoms. The summed E-state index contributed by atoms with van der Waals surface area (Å²) in [6.45, 7) is 3.74. The van der Waals surface area contributed by atoms with Gasteiger partial charge in [-0.1, -0.05) is 36.4 Å². The van der Waals surface area contributed by atoms with Gasteiger partial charge in [-0.05, 0) is 37.1 Å². The topological polar surface area (TPSA) is 34.1 Å². The summed E-state index contributed by atoms with van der Waals surface area (Å²) in [6.07, 6.45) is 0. The molecule has 0 heterocycles. The standard InChI is InChI=1S/C15H14O2P/c1-11-7-6-8-12(2)14(11)15(16)18(17)13-9-4-3-5-10-13/h3-10H,1-2H3. The van der Waals surface area contributed by atoms with Gasteiger partial charge in [0.2, 0.25) is 5.52 Å². The van der Waals surface area contributed by atoms with E-state index in [1.165, 1.54) is 0 Å². The van der Waals surface area contributed by atoms with Crippen LogP contribution in [-0.4, -0.2) is 5.52 Å². The van der Waals surface area contributed by atoms with Crippen molar-refractivity contribution in [3.05, 3.63) is 65.2 Å². The molecule has 0 aliphatic heterocycles. The van der Waals surface area contributed by atoms with E-state index in [0.29, 0.717) is 10.9 Å². The number of benzene rings is 2. The average molecular weight is 257 g/mol. The lowest BCUT2D eigenvalue weighted by Crippen LogP contribution is -2.06. The summed E-state index contributed by atoms with van der Waals surface area (Å²) < 4.78 is 12.2. The van der Waals surface area contributed by atoms with E-state index in [9.17, 15) is 9.36 Å². The molecule has 91 valence electrons. The van der Waals surface area contributed by atoms with Crippen molar-refractivity contribution in [3.8, 4) is 0 Å². The van der Waals surface area contributed by atoms with E-state index < -0.39 is 7.80 Å². The Morgan fingerprint density at radius 2 is 1.44 bits per heavy atom. The second kappa shape index (κ2) is 5.24. The predicted octanol–water partition coefficient (Wildman–Crippen LogP) is 3.60. The average Bonchev–Trinajstić information content (AvgIpc) is 2.38. The predicted molar refractivity (Wildman–Crippen MR) is 73.9 cm³/mol. The van der Waals surface area contributed by atoms with Crippen LogP contribution < -0.4 is 5.30 Å². The maximum Gasteiger partial charge on any atom is 0.247 e. The third-order valence-corrected chi connectivity index (χ3v) is 4.23. The van der Waals surface area contributed by atoms with Gasteiger partial charge in [-0.2, -0.15) is 0 Å². The SMILES string of the molecule is Cc1cccc(C)c1C(=O)[P](=O)c1ccccc1. The molecule has 2 nitrogen and oxygen atoms in total. The van der Waals surface area contributed by atoms with Gasteiger partial charge >= 0.3 is 0 Å². The summed E-state index contributed by atoms with van der Waals surface area (Å²) >= 11 is 0. The lowest BCUT2D eigenvalue weighted by molar-refractivity contribution is 0.107. The molecule has 18 heavy (non-hydrogen) atoms. The first-order chi connectivity index (χ1) is 8.61. The van der Waals surface area contributed by atoms with Crippen LogP contribution >= 0.6 is 7.80 Å². The molecule has 0 aromatic heterocycles. The molecule has 0 amide bonds. The second-order valence-corrected chi connectivity index (χ2v) is 5.71. The van der Waals surface area contributed by atoms with Crippen LogP contribution in [0.25, 0.3) is 0 Å². The summed E-state index contributed by atoms with van der Waals surface area (Å²) in [5, 5.41) is 0.583. The fraction of sp³-hybridized carbons (Fsp3) is 0.133. The zero-order valence-corrected chi connectivity index (χ0v) is 11.3. The summed E-state index contributed by atoms with van der Waals surface area (Å²) in [7, 11) is -2.03. The van der Waals surface area contributed by atoms with E-state index in [0.717, 1.165) is 11.1 Å². The number of hydrogen-bond acceptors (Lipinski definition) is 2. The summed E-state index contributed by atoms with van der Waals surface area (Å²) in [5.41, 5.74) is 2.05. The van der Waals surface area contributed by atoms with Crippen molar-refractivity contribution in [2.24, 2.45) is 0 Å². The van der Waals surface area contributed by atoms with Gasteiger partial charge in [-0.3, -0.25) is 9.36 Å². The molecule has 0 aliphatic carbocycles. The Morgan fingerprint density at radius 3 is 2.00 bits per heavy atom. The highest BCUT2D eigenvalue weighted by Crippen LogP contribution is 2.29. The van der Waals surface area contributed by atoms with Crippen LogP contribution in [0.5, 0.6) is 0 Å². The number of rotatable bonds is 3. The second-order valence-electron chi connectivity index (χ2n) is 4.20. The molecule has 0 aliphatic rings. The molecule has 2 aromatic carbocycles. The van der Waals surface area contributed by atoms with Crippen LogP contribution in [0, 0.1) is 13.8 Å². The van der Waals surface area contributed by atoms with E-state index in [-0.39, 0.29) is 5.52 Å². The lowest BCUT2D eigenvalue weighted by Gasteiger charge is -2.07. The van der Waals surface area contributed by atoms with Gasteiger partial charge in [0.25, 0.3) is 0 Å². The smallest absolute Gasteiger partial charge is 0.247 e. The minimum Gasteiger partial charge on any atom is -0.281 e. The highest BCUT2D eigenvalue weighted by Gasteiger charge is 2.20. The van der Waals surface area contributed by atoms with E-state index in [4.69, 9.17) is 0 Å². The molecule has 2 aromatic rings. The van der Waals surface area contributed by atoms with Crippen molar-refractivity contribution in [2.45, 2.75) is 13.8 Å². The Morgan fingerprint density at radius 1 is 0.889 bits per heavy atom. The monoisotopic (exact) mass is 257 g/mol. The van der Waals surface area contributed by atoms with Gasteiger partial charge in [0.15, 0.2) is 7.80 Å². The number of carbonyl (C=O) groups is 1. The normalized spacial score (nSPS) is 11.1. The number of hydrogen-bond donors (Lipinski definition) is 0. The van der Waals surface area contributed by atoms with Crippen molar-refractivity contribution >= 4 is 18.6 Å². The lowest BCUT2D eigenvalue weighted by atomic mass is 10.0. The fourth-order valence-electron chi connectivity index (χ4n) is 1.93. The van der Waals surface area contributed by atoms with Crippen LogP contribution in [0.3, 0.4) is 0 Å². The minimum absolute atomic E-state index is 0.285. The molecule has 1 unspecified atom stereocenters. The Hall–Kier alpha value is -1.79. The van der Waals surface area contributed by atoms with E-state index in [1.54, 1.807) is 24.3 Å². The Balaban J connectivity index is 2.41. The molecule has 0 saturated carbocycles. The van der Waals surface area contributed by atoms with Crippen molar-refractivity contribution < 1.29 is 9.36 Å². The zero-order chi connectivity index (χ0) is 13.1. The summed E-state index contributed by atoms with van der Waals surface area (Å²) in [6, 6.07) is 14.5. The highest BCUT2D eigenvalue weighted by molar-refractivity contribution is 7.71. The minimum atomic E-state index is -2.03. The van der Waals surface area contributed by atoms with Crippen molar-refractivity contribution in [2.75, 3.05) is 0 Å². The van der Waals surface area contributed by atoms with Crippen molar-refractivity contribution in [1.29, 1.82) is 0 Å². The van der Waals surface area contributed by atoms with Gasteiger partial charge in [-0.25, -0.2) is 0 Å². The Labute approximate surface area is 107 Å². The van der Waals surface area contributed by atoms with Crippen LogP contribution in [0.1, 0.15) is 21.5 Å². The Kier molecular flexibility index (Phi) is 3.69. The molecule has 0 fully saturated rings. The van der Waals surface area contributed by atoms with Crippen molar-refractivity contribution in [3.63, 3.8) is 0 Å². The largest absolute Gasteiger partial charge is 0.281 e. The molecule has 1 atom stereocenters. The molecule has 2 rings (SSSR count). The first kappa shape index (κ1) is 12.7. The van der Waals surface area contributed by atoms with E-state index in [1.807, 2.05) is 38.1 Å². The fourth-order valence-corrected chi connectivity index (χ4v) is 3.17. The van der Waals surface area contributed by atoms with E-state index in [2.05, 4.69) is 0 Å². The quantitative estimate of drug-likeness (QED) is 0.787. The Bertz CT molecular complexity index is 583. The third-order valence-electron chi connectivity index (χ3n) is 2.87. The molecule has 0 saturated heterocycles. The highest BCUT2D eigenvalue weighted by atomic mass is 31.1.